The molecule has 3 aromatic rings. The maximum atomic E-state index is 13.7. The Hall–Kier alpha value is -3.48. The lowest BCUT2D eigenvalue weighted by atomic mass is 9.76. The zero-order valence-corrected chi connectivity index (χ0v) is 21.0. The summed E-state index contributed by atoms with van der Waals surface area (Å²) in [5, 5.41) is 15.1. The van der Waals surface area contributed by atoms with Gasteiger partial charge in [-0.05, 0) is 62.9 Å². The number of ketones is 1. The number of carbonyl (C=O) groups excluding carboxylic acids is 2. The third-order valence-electron chi connectivity index (χ3n) is 7.06. The summed E-state index contributed by atoms with van der Waals surface area (Å²) in [6, 6.07) is 13.3. The molecule has 0 N–H and O–H groups in total. The van der Waals surface area contributed by atoms with E-state index < -0.39 is 16.8 Å². The van der Waals surface area contributed by atoms with Gasteiger partial charge in [-0.2, -0.15) is 0 Å². The van der Waals surface area contributed by atoms with Gasteiger partial charge in [0.15, 0.2) is 5.78 Å². The van der Waals surface area contributed by atoms with Crippen LogP contribution in [0.1, 0.15) is 40.7 Å². The molecule has 8 heteroatoms. The van der Waals surface area contributed by atoms with E-state index in [-0.39, 0.29) is 28.0 Å². The number of fused-ring (bicyclic) bond motifs is 4. The van der Waals surface area contributed by atoms with Gasteiger partial charge in [0.25, 0.3) is 5.69 Å². The van der Waals surface area contributed by atoms with E-state index in [1.807, 2.05) is 37.3 Å². The standard InChI is InChI=1S/C28H21Cl2NO5/c1-14-6-8-19-18(25(14)27(32)20-9-7-15(31(34)35)12-24(20)30)11-10-17-16-4-3-5-23(29)21(16)13-22(26(17)19)28(33)36-2/h3-5,7,9-14,22H,6,8H2,1-2H3. The molecule has 0 aromatic heterocycles. The van der Waals surface area contributed by atoms with Crippen LogP contribution < -0.4 is 10.4 Å². The number of Topliss-reactive ketones (excluding diaryl/α,β-unsaturated/α-hetero) is 1. The number of non-ortho nitro benzene ring substituents is 1. The van der Waals surface area contributed by atoms with Crippen molar-refractivity contribution in [3.8, 4) is 0 Å². The monoisotopic (exact) mass is 521 g/mol. The van der Waals surface area contributed by atoms with E-state index in [4.69, 9.17) is 27.9 Å². The fraction of sp³-hybridized carbons (Fsp3) is 0.214. The van der Waals surface area contributed by atoms with Crippen LogP contribution in [0.5, 0.6) is 0 Å². The maximum Gasteiger partial charge on any atom is 0.317 e. The summed E-state index contributed by atoms with van der Waals surface area (Å²) in [5.74, 6) is -1.42. The van der Waals surface area contributed by atoms with Gasteiger partial charge >= 0.3 is 5.97 Å². The van der Waals surface area contributed by atoms with Crippen molar-refractivity contribution in [2.24, 2.45) is 5.92 Å². The molecule has 36 heavy (non-hydrogen) atoms. The molecular weight excluding hydrogens is 501 g/mol. The van der Waals surface area contributed by atoms with Crippen LogP contribution in [0.4, 0.5) is 5.69 Å². The van der Waals surface area contributed by atoms with E-state index in [1.54, 1.807) is 6.07 Å². The number of methoxy groups -OCH3 is 1. The molecule has 0 bridgehead atoms. The number of benzene rings is 3. The van der Waals surface area contributed by atoms with E-state index in [0.717, 1.165) is 32.0 Å². The number of rotatable bonds is 4. The molecule has 0 saturated heterocycles. The Labute approximate surface area is 216 Å². The molecule has 0 saturated carbocycles. The van der Waals surface area contributed by atoms with Crippen molar-refractivity contribution < 1.29 is 19.2 Å². The molecule has 0 radical (unpaired) electrons. The first-order chi connectivity index (χ1) is 17.2. The number of nitrogens with zero attached hydrogens (tertiary/aromatic N) is 1. The van der Waals surface area contributed by atoms with Crippen LogP contribution in [0, 0.1) is 26.5 Å². The highest BCUT2D eigenvalue weighted by Gasteiger charge is 2.31. The summed E-state index contributed by atoms with van der Waals surface area (Å²) in [6.45, 7) is 1.98. The summed E-state index contributed by atoms with van der Waals surface area (Å²) in [6.07, 6.45) is 3.21. The first-order valence-electron chi connectivity index (χ1n) is 11.5. The first-order valence-corrected chi connectivity index (χ1v) is 12.2. The summed E-state index contributed by atoms with van der Waals surface area (Å²) in [5.41, 5.74) is 2.35. The molecule has 0 spiro atoms. The number of esters is 1. The lowest BCUT2D eigenvalue weighted by Gasteiger charge is -2.27. The smallest absolute Gasteiger partial charge is 0.317 e. The number of hydrogen-bond donors (Lipinski definition) is 0. The van der Waals surface area contributed by atoms with Crippen LogP contribution in [0.3, 0.4) is 0 Å². The van der Waals surface area contributed by atoms with Gasteiger partial charge in [-0.15, -0.1) is 0 Å². The van der Waals surface area contributed by atoms with E-state index >= 15 is 0 Å². The van der Waals surface area contributed by atoms with Gasteiger partial charge in [0, 0.05) is 28.3 Å². The SMILES string of the molecule is COC(=O)C1C=c2c(Cl)cccc2=c2ccc3c(c21)CCC(C)C=3C(=O)c1ccc([N+](=O)[O-])cc1Cl. The van der Waals surface area contributed by atoms with Gasteiger partial charge in [-0.25, -0.2) is 0 Å². The maximum absolute atomic E-state index is 13.7. The van der Waals surface area contributed by atoms with Gasteiger partial charge in [-0.3, -0.25) is 19.7 Å². The third-order valence-corrected chi connectivity index (χ3v) is 7.70. The molecule has 5 rings (SSSR count). The summed E-state index contributed by atoms with van der Waals surface area (Å²) in [7, 11) is 1.35. The predicted octanol–water partition coefficient (Wildman–Crippen LogP) is 4.86. The van der Waals surface area contributed by atoms with E-state index in [9.17, 15) is 19.7 Å². The lowest BCUT2D eigenvalue weighted by Crippen LogP contribution is -2.32. The zero-order chi connectivity index (χ0) is 25.7. The van der Waals surface area contributed by atoms with Crippen LogP contribution in [0.2, 0.25) is 10.0 Å². The second-order valence-electron chi connectivity index (χ2n) is 9.03. The van der Waals surface area contributed by atoms with Gasteiger partial charge in [0.05, 0.1) is 17.1 Å². The minimum Gasteiger partial charge on any atom is -0.468 e. The van der Waals surface area contributed by atoms with Crippen molar-refractivity contribution in [2.45, 2.75) is 25.7 Å². The molecule has 2 aliphatic carbocycles. The van der Waals surface area contributed by atoms with E-state index in [2.05, 4.69) is 0 Å². The van der Waals surface area contributed by atoms with Gasteiger partial charge in [0.2, 0.25) is 0 Å². The summed E-state index contributed by atoms with van der Waals surface area (Å²) >= 11 is 12.8. The van der Waals surface area contributed by atoms with Crippen molar-refractivity contribution in [1.29, 1.82) is 0 Å². The molecule has 0 heterocycles. The highest BCUT2D eigenvalue weighted by atomic mass is 35.5. The molecule has 182 valence electrons. The first kappa shape index (κ1) is 24.2. The average molecular weight is 522 g/mol. The van der Waals surface area contributed by atoms with E-state index in [1.165, 1.54) is 25.3 Å². The van der Waals surface area contributed by atoms with Crippen molar-refractivity contribution in [1.82, 2.24) is 0 Å². The Morgan fingerprint density at radius 3 is 2.47 bits per heavy atom. The quantitative estimate of drug-likeness (QED) is 0.212. The second-order valence-corrected chi connectivity index (χ2v) is 9.84. The predicted molar refractivity (Wildman–Crippen MR) is 137 cm³/mol. The van der Waals surface area contributed by atoms with Crippen LogP contribution in [0.25, 0.3) is 11.6 Å². The molecule has 6 nitrogen and oxygen atoms in total. The highest BCUT2D eigenvalue weighted by Crippen LogP contribution is 2.34. The Morgan fingerprint density at radius 1 is 1.03 bits per heavy atom. The molecular formula is C28H21Cl2NO5. The number of hydrogen-bond acceptors (Lipinski definition) is 5. The number of nitro benzene ring substituents is 1. The molecule has 0 fully saturated rings. The fourth-order valence-electron chi connectivity index (χ4n) is 5.34. The van der Waals surface area contributed by atoms with Gasteiger partial charge < -0.3 is 4.74 Å². The summed E-state index contributed by atoms with van der Waals surface area (Å²) < 4.78 is 5.14. The molecule has 2 atom stereocenters. The largest absolute Gasteiger partial charge is 0.468 e. The van der Waals surface area contributed by atoms with Crippen molar-refractivity contribution >= 4 is 52.3 Å². The van der Waals surface area contributed by atoms with Crippen molar-refractivity contribution in [2.75, 3.05) is 7.11 Å². The minimum atomic E-state index is -0.667. The van der Waals surface area contributed by atoms with Gasteiger partial charge in [-0.1, -0.05) is 60.5 Å². The second kappa shape index (κ2) is 9.19. The Morgan fingerprint density at radius 2 is 1.78 bits per heavy atom. The number of nitro groups is 1. The molecule has 0 aliphatic heterocycles. The van der Waals surface area contributed by atoms with E-state index in [0.29, 0.717) is 23.4 Å². The molecule has 0 amide bonds. The van der Waals surface area contributed by atoms with Gasteiger partial charge in [0.1, 0.15) is 5.92 Å². The van der Waals surface area contributed by atoms with Crippen LogP contribution >= 0.6 is 23.2 Å². The Balaban J connectivity index is 1.83. The topological polar surface area (TPSA) is 86.5 Å². The molecule has 2 unspecified atom stereocenters. The van der Waals surface area contributed by atoms with Crippen LogP contribution in [-0.4, -0.2) is 23.8 Å². The highest BCUT2D eigenvalue weighted by molar-refractivity contribution is 6.38. The normalized spacial score (nSPS) is 17.8. The molecule has 3 aromatic carbocycles. The van der Waals surface area contributed by atoms with Crippen LogP contribution in [-0.2, 0) is 16.0 Å². The lowest BCUT2D eigenvalue weighted by molar-refractivity contribution is -0.384. The third kappa shape index (κ3) is 3.81. The number of ether oxygens (including phenoxy) is 1. The zero-order valence-electron chi connectivity index (χ0n) is 19.5. The Kier molecular flexibility index (Phi) is 6.18. The summed E-state index contributed by atoms with van der Waals surface area (Å²) in [4.78, 5) is 37.2. The average Bonchev–Trinajstić information content (AvgIpc) is 2.87. The van der Waals surface area contributed by atoms with Crippen molar-refractivity contribution in [3.63, 3.8) is 0 Å². The minimum absolute atomic E-state index is 0.0309. The Bertz CT molecular complexity index is 1700. The fourth-order valence-corrected chi connectivity index (χ4v) is 5.84. The van der Waals surface area contributed by atoms with Crippen molar-refractivity contribution in [3.05, 3.63) is 106 Å². The molecule has 2 aliphatic rings. The number of halogens is 2. The number of carbonyl (C=O) groups is 2. The van der Waals surface area contributed by atoms with Crippen LogP contribution in [0.15, 0.2) is 48.5 Å².